The lowest BCUT2D eigenvalue weighted by atomic mass is 10.1. The molecule has 0 amide bonds. The molecule has 0 radical (unpaired) electrons. The normalized spacial score (nSPS) is 12.4. The van der Waals surface area contributed by atoms with E-state index in [2.05, 4.69) is 39.8 Å². The minimum atomic E-state index is -0.815. The molecule has 0 aliphatic heterocycles. The molecule has 0 spiro atoms. The van der Waals surface area contributed by atoms with Crippen molar-refractivity contribution in [3.63, 3.8) is 0 Å². The third kappa shape index (κ3) is 14.9. The van der Waals surface area contributed by atoms with Gasteiger partial charge in [-0.05, 0) is 53.4 Å². The fourth-order valence-corrected chi connectivity index (χ4v) is 1.78. The largest absolute Gasteiger partial charge is 0.481 e. The average Bonchev–Trinajstić information content (AvgIpc) is 2.37. The van der Waals surface area contributed by atoms with E-state index in [-0.39, 0.29) is 13.0 Å². The predicted molar refractivity (Wildman–Crippen MR) is 88.5 cm³/mol. The molecule has 0 atom stereocenters. The number of carboxylic acids is 1. The summed E-state index contributed by atoms with van der Waals surface area (Å²) in [5, 5.41) is 8.48. The van der Waals surface area contributed by atoms with Crippen LogP contribution in [0.4, 0.5) is 0 Å². The molecule has 0 heterocycles. The Hall–Kier alpha value is -1.35. The van der Waals surface area contributed by atoms with E-state index in [1.165, 1.54) is 16.7 Å². The minimum absolute atomic E-state index is 0.0699. The monoisotopic (exact) mass is 294 g/mol. The van der Waals surface area contributed by atoms with Crippen molar-refractivity contribution in [3.05, 3.63) is 34.9 Å². The van der Waals surface area contributed by atoms with Crippen molar-refractivity contribution in [1.82, 2.24) is 0 Å². The number of carbonyl (C=O) groups is 1. The van der Waals surface area contributed by atoms with E-state index in [1.807, 2.05) is 6.08 Å². The van der Waals surface area contributed by atoms with E-state index in [1.54, 1.807) is 0 Å². The molecule has 3 nitrogen and oxygen atoms in total. The van der Waals surface area contributed by atoms with Crippen LogP contribution < -0.4 is 0 Å². The first-order valence-electron chi connectivity index (χ1n) is 7.66. The Morgan fingerprint density at radius 1 is 0.905 bits per heavy atom. The van der Waals surface area contributed by atoms with E-state index >= 15 is 0 Å². The summed E-state index contributed by atoms with van der Waals surface area (Å²) in [6, 6.07) is 0. The second-order valence-electron chi connectivity index (χ2n) is 5.68. The van der Waals surface area contributed by atoms with Crippen LogP contribution in [0.25, 0.3) is 0 Å². The molecule has 1 N–H and O–H groups in total. The van der Waals surface area contributed by atoms with E-state index in [0.29, 0.717) is 6.61 Å². The van der Waals surface area contributed by atoms with Crippen molar-refractivity contribution in [2.75, 3.05) is 13.2 Å². The predicted octanol–water partition coefficient (Wildman–Crippen LogP) is 4.90. The maximum atomic E-state index is 10.3. The van der Waals surface area contributed by atoms with Gasteiger partial charge in [-0.25, -0.2) is 0 Å². The first-order valence-corrected chi connectivity index (χ1v) is 7.66. The highest BCUT2D eigenvalue weighted by Crippen LogP contribution is 2.11. The van der Waals surface area contributed by atoms with Crippen LogP contribution in [0.1, 0.15) is 59.8 Å². The number of rotatable bonds is 11. The summed E-state index contributed by atoms with van der Waals surface area (Å²) in [5.41, 5.74) is 4.11. The van der Waals surface area contributed by atoms with Gasteiger partial charge < -0.3 is 9.84 Å². The van der Waals surface area contributed by atoms with Gasteiger partial charge in [0.2, 0.25) is 0 Å². The van der Waals surface area contributed by atoms with Crippen LogP contribution in [0.3, 0.4) is 0 Å². The highest BCUT2D eigenvalue weighted by Gasteiger charge is 1.95. The Kier molecular flexibility index (Phi) is 11.6. The second-order valence-corrected chi connectivity index (χ2v) is 5.68. The van der Waals surface area contributed by atoms with Crippen LogP contribution in [0, 0.1) is 0 Å². The Bertz CT molecular complexity index is 385. The molecule has 0 bridgehead atoms. The number of carboxylic acid groups (broad SMARTS) is 1. The molecule has 0 saturated carbocycles. The summed E-state index contributed by atoms with van der Waals surface area (Å²) in [7, 11) is 0. The zero-order chi connectivity index (χ0) is 16.1. The van der Waals surface area contributed by atoms with Crippen molar-refractivity contribution < 1.29 is 14.6 Å². The molecule has 0 aromatic heterocycles. The van der Waals surface area contributed by atoms with Crippen LogP contribution in [0.5, 0.6) is 0 Å². The van der Waals surface area contributed by atoms with Gasteiger partial charge >= 0.3 is 5.97 Å². The Balaban J connectivity index is 3.78. The number of hydrogen-bond acceptors (Lipinski definition) is 2. The van der Waals surface area contributed by atoms with Crippen molar-refractivity contribution in [3.8, 4) is 0 Å². The second kappa shape index (κ2) is 12.4. The van der Waals surface area contributed by atoms with Gasteiger partial charge in [-0.15, -0.1) is 0 Å². The molecule has 0 aromatic rings. The molecule has 0 aliphatic carbocycles. The molecular formula is C18H30O3. The number of ether oxygens (including phenoxy) is 1. The van der Waals surface area contributed by atoms with Crippen LogP contribution in [-0.4, -0.2) is 24.3 Å². The summed E-state index contributed by atoms with van der Waals surface area (Å²) in [5.74, 6) is -0.815. The highest BCUT2D eigenvalue weighted by atomic mass is 16.5. The van der Waals surface area contributed by atoms with Gasteiger partial charge in [-0.3, -0.25) is 4.79 Å². The smallest absolute Gasteiger partial charge is 0.305 e. The Morgan fingerprint density at radius 3 is 2.05 bits per heavy atom. The van der Waals surface area contributed by atoms with Crippen LogP contribution in [0.2, 0.25) is 0 Å². The minimum Gasteiger partial charge on any atom is -0.481 e. The average molecular weight is 294 g/mol. The molecule has 0 aliphatic rings. The highest BCUT2D eigenvalue weighted by molar-refractivity contribution is 5.66. The summed E-state index contributed by atoms with van der Waals surface area (Å²) >= 11 is 0. The first-order chi connectivity index (χ1) is 9.91. The zero-order valence-corrected chi connectivity index (χ0v) is 13.9. The van der Waals surface area contributed by atoms with E-state index in [4.69, 9.17) is 9.84 Å². The zero-order valence-electron chi connectivity index (χ0n) is 13.9. The lowest BCUT2D eigenvalue weighted by molar-refractivity contribution is -0.138. The Labute approximate surface area is 129 Å². The molecule has 3 heteroatoms. The molecule has 0 fully saturated rings. The molecule has 0 unspecified atom stereocenters. The number of allylic oxidation sites excluding steroid dienone is 5. The molecule has 0 aromatic carbocycles. The van der Waals surface area contributed by atoms with Gasteiger partial charge in [0.1, 0.15) is 0 Å². The van der Waals surface area contributed by atoms with Gasteiger partial charge in [0.15, 0.2) is 0 Å². The third-order valence-corrected chi connectivity index (χ3v) is 3.13. The maximum absolute atomic E-state index is 10.3. The van der Waals surface area contributed by atoms with E-state index in [9.17, 15) is 4.79 Å². The van der Waals surface area contributed by atoms with Crippen molar-refractivity contribution in [2.24, 2.45) is 0 Å². The molecule has 21 heavy (non-hydrogen) atoms. The third-order valence-electron chi connectivity index (χ3n) is 3.13. The quantitative estimate of drug-likeness (QED) is 0.435. The topological polar surface area (TPSA) is 46.5 Å². The van der Waals surface area contributed by atoms with E-state index in [0.717, 1.165) is 25.7 Å². The number of hydrogen-bond donors (Lipinski definition) is 1. The van der Waals surface area contributed by atoms with Gasteiger partial charge in [0, 0.05) is 0 Å². The van der Waals surface area contributed by atoms with Gasteiger partial charge in [-0.1, -0.05) is 34.9 Å². The van der Waals surface area contributed by atoms with Crippen molar-refractivity contribution >= 4 is 5.97 Å². The summed E-state index contributed by atoms with van der Waals surface area (Å²) in [6.45, 7) is 9.32. The Morgan fingerprint density at radius 2 is 1.48 bits per heavy atom. The summed E-state index contributed by atoms with van der Waals surface area (Å²) < 4.78 is 5.24. The van der Waals surface area contributed by atoms with Crippen LogP contribution in [0.15, 0.2) is 34.9 Å². The lowest BCUT2D eigenvalue weighted by Crippen LogP contribution is -2.02. The maximum Gasteiger partial charge on any atom is 0.305 e. The molecular weight excluding hydrogens is 264 g/mol. The van der Waals surface area contributed by atoms with Crippen molar-refractivity contribution in [2.45, 2.75) is 59.8 Å². The fourth-order valence-electron chi connectivity index (χ4n) is 1.78. The first kappa shape index (κ1) is 19.7. The van der Waals surface area contributed by atoms with Gasteiger partial charge in [0.25, 0.3) is 0 Å². The SMILES string of the molecule is CC(C)=CCCC(C)=CCCC(C)=CCOCCC(=O)O. The fraction of sp³-hybridized carbons (Fsp3) is 0.611. The van der Waals surface area contributed by atoms with Gasteiger partial charge in [0.05, 0.1) is 19.6 Å². The summed E-state index contributed by atoms with van der Waals surface area (Å²) in [6.07, 6.45) is 11.0. The summed E-state index contributed by atoms with van der Waals surface area (Å²) in [4.78, 5) is 10.3. The van der Waals surface area contributed by atoms with Crippen molar-refractivity contribution in [1.29, 1.82) is 0 Å². The van der Waals surface area contributed by atoms with E-state index < -0.39 is 5.97 Å². The van der Waals surface area contributed by atoms with Crippen LogP contribution in [-0.2, 0) is 9.53 Å². The molecule has 0 saturated heterocycles. The standard InChI is InChI=1S/C18H30O3/c1-15(2)7-5-8-16(3)9-6-10-17(4)11-13-21-14-12-18(19)20/h7,9,11H,5-6,8,10,12-14H2,1-4H3,(H,19,20). The molecule has 120 valence electrons. The van der Waals surface area contributed by atoms with Crippen LogP contribution >= 0.6 is 0 Å². The van der Waals surface area contributed by atoms with Gasteiger partial charge in [-0.2, -0.15) is 0 Å². The lowest BCUT2D eigenvalue weighted by Gasteiger charge is -2.02. The number of aliphatic carboxylic acids is 1. The molecule has 0 rings (SSSR count).